The van der Waals surface area contributed by atoms with Crippen molar-refractivity contribution in [1.29, 1.82) is 0 Å². The van der Waals surface area contributed by atoms with Gasteiger partial charge in [-0.3, -0.25) is 4.79 Å². The first-order valence-corrected chi connectivity index (χ1v) is 6.51. The Morgan fingerprint density at radius 3 is 2.33 bits per heavy atom. The molecular weight excluding hydrogens is 298 g/mol. The molecule has 1 saturated heterocycles. The number of amides is 5. The third kappa shape index (κ3) is 2.70. The van der Waals surface area contributed by atoms with Crippen LogP contribution in [-0.2, 0) is 9.63 Å². The average Bonchev–Trinajstić information content (AvgIpc) is 2.44. The number of benzene rings is 1. The summed E-state index contributed by atoms with van der Waals surface area (Å²) in [5.74, 6) is -0.574. The first-order valence-electron chi connectivity index (χ1n) is 6.13. The molecule has 1 aromatic rings. The Balaban J connectivity index is 2.45. The molecule has 112 valence electrons. The maximum atomic E-state index is 12.4. The van der Waals surface area contributed by atoms with Gasteiger partial charge in [0.25, 0.3) is 5.91 Å². The van der Waals surface area contributed by atoms with Crippen LogP contribution in [0.3, 0.4) is 0 Å². The number of rotatable bonds is 1. The lowest BCUT2D eigenvalue weighted by Gasteiger charge is -2.40. The van der Waals surface area contributed by atoms with Crippen LogP contribution in [0.25, 0.3) is 0 Å². The Labute approximate surface area is 126 Å². The van der Waals surface area contributed by atoms with Crippen molar-refractivity contribution in [2.75, 3.05) is 11.9 Å². The summed E-state index contributed by atoms with van der Waals surface area (Å²) in [4.78, 5) is 42.5. The molecule has 0 radical (unpaired) electrons. The zero-order valence-corrected chi connectivity index (χ0v) is 12.5. The fraction of sp³-hybridized carbons (Fsp3) is 0.308. The van der Waals surface area contributed by atoms with Crippen LogP contribution in [0.5, 0.6) is 0 Å². The zero-order valence-electron chi connectivity index (χ0n) is 11.7. The molecular formula is C13H14ClN3O4. The van der Waals surface area contributed by atoms with E-state index in [0.29, 0.717) is 15.8 Å². The second kappa shape index (κ2) is 5.34. The minimum atomic E-state index is -1.36. The molecule has 1 aliphatic heterocycles. The molecule has 0 atom stereocenters. The maximum absolute atomic E-state index is 12.4. The Hall–Kier alpha value is -2.12. The number of nitrogens with one attached hydrogen (secondary N) is 1. The van der Waals surface area contributed by atoms with Gasteiger partial charge in [-0.05, 0) is 38.1 Å². The highest BCUT2D eigenvalue weighted by Crippen LogP contribution is 2.29. The number of nitrogens with zero attached hydrogens (tertiary/aromatic N) is 2. The summed E-state index contributed by atoms with van der Waals surface area (Å²) in [6.45, 7) is 2.95. The van der Waals surface area contributed by atoms with E-state index in [9.17, 15) is 14.4 Å². The van der Waals surface area contributed by atoms with Crippen molar-refractivity contribution in [1.82, 2.24) is 10.4 Å². The molecule has 0 aliphatic carbocycles. The van der Waals surface area contributed by atoms with E-state index in [-0.39, 0.29) is 0 Å². The van der Waals surface area contributed by atoms with Gasteiger partial charge in [0.15, 0.2) is 5.60 Å². The number of carbonyl (C=O) groups excluding carboxylic acids is 3. The number of imide groups is 2. The van der Waals surface area contributed by atoms with E-state index in [2.05, 4.69) is 5.32 Å². The molecule has 7 nitrogen and oxygen atoms in total. The monoisotopic (exact) mass is 311 g/mol. The number of urea groups is 2. The van der Waals surface area contributed by atoms with Crippen molar-refractivity contribution in [2.24, 2.45) is 0 Å². The van der Waals surface area contributed by atoms with Crippen LogP contribution < -0.4 is 10.2 Å². The molecule has 8 heteroatoms. The summed E-state index contributed by atoms with van der Waals surface area (Å²) in [6, 6.07) is 4.47. The van der Waals surface area contributed by atoms with Crippen LogP contribution in [-0.4, -0.2) is 35.7 Å². The number of anilines is 1. The zero-order chi connectivity index (χ0) is 15.8. The molecule has 21 heavy (non-hydrogen) atoms. The highest BCUT2D eigenvalue weighted by molar-refractivity contribution is 6.30. The van der Waals surface area contributed by atoms with Gasteiger partial charge in [0.2, 0.25) is 0 Å². The molecule has 0 bridgehead atoms. The van der Waals surface area contributed by atoms with E-state index in [1.807, 2.05) is 0 Å². The molecule has 0 spiro atoms. The van der Waals surface area contributed by atoms with Crippen LogP contribution in [0.15, 0.2) is 24.3 Å². The summed E-state index contributed by atoms with van der Waals surface area (Å²) in [6.07, 6.45) is 0. The number of hydroxylamine groups is 2. The number of hydrogen-bond donors (Lipinski definition) is 1. The van der Waals surface area contributed by atoms with Gasteiger partial charge < -0.3 is 5.32 Å². The first-order chi connectivity index (χ1) is 9.77. The van der Waals surface area contributed by atoms with Crippen molar-refractivity contribution in [3.63, 3.8) is 0 Å². The van der Waals surface area contributed by atoms with E-state index in [1.165, 1.54) is 33.0 Å². The normalized spacial score (nSPS) is 17.9. The van der Waals surface area contributed by atoms with Crippen LogP contribution in [0.1, 0.15) is 13.8 Å². The number of halogens is 1. The minimum Gasteiger partial charge on any atom is -0.339 e. The Morgan fingerprint density at radius 1 is 1.24 bits per heavy atom. The molecule has 1 aliphatic rings. The molecule has 1 fully saturated rings. The lowest BCUT2D eigenvalue weighted by Crippen LogP contribution is -2.64. The maximum Gasteiger partial charge on any atom is 0.364 e. The predicted molar refractivity (Wildman–Crippen MR) is 75.8 cm³/mol. The Kier molecular flexibility index (Phi) is 3.89. The number of hydrogen-bond acceptors (Lipinski definition) is 4. The second-order valence-corrected chi connectivity index (χ2v) is 5.29. The van der Waals surface area contributed by atoms with E-state index in [0.717, 1.165) is 4.90 Å². The van der Waals surface area contributed by atoms with E-state index in [4.69, 9.17) is 16.4 Å². The van der Waals surface area contributed by atoms with Crippen LogP contribution >= 0.6 is 11.6 Å². The fourth-order valence-electron chi connectivity index (χ4n) is 1.80. The standard InChI is InChI=1S/C13H14ClN3O4/c1-13(2)10(18)16(9-6-4-8(14)5-7-9)12(20)17(21-13)11(19)15-3/h4-7H,1-3H3,(H,15,19). The van der Waals surface area contributed by atoms with Gasteiger partial charge in [0.1, 0.15) is 0 Å². The number of carbonyl (C=O) groups is 3. The summed E-state index contributed by atoms with van der Waals surface area (Å²) < 4.78 is 0. The smallest absolute Gasteiger partial charge is 0.339 e. The van der Waals surface area contributed by atoms with Crippen LogP contribution in [0.2, 0.25) is 5.02 Å². The highest BCUT2D eigenvalue weighted by atomic mass is 35.5. The lowest BCUT2D eigenvalue weighted by atomic mass is 10.1. The average molecular weight is 312 g/mol. The summed E-state index contributed by atoms with van der Waals surface area (Å²) >= 11 is 5.79. The fourth-order valence-corrected chi connectivity index (χ4v) is 1.93. The quantitative estimate of drug-likeness (QED) is 0.862. The van der Waals surface area contributed by atoms with Gasteiger partial charge in [-0.1, -0.05) is 11.6 Å². The first kappa shape index (κ1) is 15.3. The van der Waals surface area contributed by atoms with Gasteiger partial charge in [0.05, 0.1) is 5.69 Å². The minimum absolute atomic E-state index is 0.305. The van der Waals surface area contributed by atoms with Gasteiger partial charge in [-0.25, -0.2) is 19.3 Å². The molecule has 1 aromatic carbocycles. The van der Waals surface area contributed by atoms with Crippen molar-refractivity contribution in [3.05, 3.63) is 29.3 Å². The molecule has 5 amide bonds. The van der Waals surface area contributed by atoms with Gasteiger partial charge >= 0.3 is 12.1 Å². The third-order valence-electron chi connectivity index (χ3n) is 2.89. The summed E-state index contributed by atoms with van der Waals surface area (Å²) in [5.41, 5.74) is -1.06. The van der Waals surface area contributed by atoms with Crippen LogP contribution in [0.4, 0.5) is 15.3 Å². The predicted octanol–water partition coefficient (Wildman–Crippen LogP) is 2.16. The highest BCUT2D eigenvalue weighted by Gasteiger charge is 2.49. The second-order valence-electron chi connectivity index (χ2n) is 4.85. The van der Waals surface area contributed by atoms with Crippen molar-refractivity contribution >= 4 is 35.3 Å². The van der Waals surface area contributed by atoms with Crippen molar-refractivity contribution in [3.8, 4) is 0 Å². The van der Waals surface area contributed by atoms with Gasteiger partial charge in [-0.2, -0.15) is 0 Å². The van der Waals surface area contributed by atoms with Gasteiger partial charge in [0, 0.05) is 12.1 Å². The van der Waals surface area contributed by atoms with E-state index < -0.39 is 23.6 Å². The topological polar surface area (TPSA) is 79.0 Å². The lowest BCUT2D eigenvalue weighted by molar-refractivity contribution is -0.190. The molecule has 0 saturated carbocycles. The van der Waals surface area contributed by atoms with Crippen molar-refractivity contribution < 1.29 is 19.2 Å². The molecule has 1 N–H and O–H groups in total. The molecule has 1 heterocycles. The van der Waals surface area contributed by atoms with Gasteiger partial charge in [-0.15, -0.1) is 5.06 Å². The van der Waals surface area contributed by atoms with Crippen molar-refractivity contribution in [2.45, 2.75) is 19.4 Å². The molecule has 0 aromatic heterocycles. The van der Waals surface area contributed by atoms with Crippen LogP contribution in [0, 0.1) is 0 Å². The Bertz CT molecular complexity index is 600. The summed E-state index contributed by atoms with van der Waals surface area (Å²) in [7, 11) is 1.36. The summed E-state index contributed by atoms with van der Waals surface area (Å²) in [5, 5.41) is 3.27. The largest absolute Gasteiger partial charge is 0.364 e. The third-order valence-corrected chi connectivity index (χ3v) is 3.14. The SMILES string of the molecule is CNC(=O)N1OC(C)(C)C(=O)N(c2ccc(Cl)cc2)C1=O. The van der Waals surface area contributed by atoms with E-state index >= 15 is 0 Å². The molecule has 2 rings (SSSR count). The Morgan fingerprint density at radius 2 is 1.81 bits per heavy atom. The molecule has 0 unspecified atom stereocenters. The van der Waals surface area contributed by atoms with E-state index in [1.54, 1.807) is 12.1 Å².